The Morgan fingerprint density at radius 1 is 0.780 bits per heavy atom. The SMILES string of the molecule is CCCCCCCCCCCCCC[C@@H](O)[C@@H](O)[C@@H](/C=C(/F)CCCCCCCCCCC1CCNC1)COC1OC(CO)C(O)C(O)C1O. The summed E-state index contributed by atoms with van der Waals surface area (Å²) in [4.78, 5) is 0. The third-order valence-corrected chi connectivity index (χ3v) is 10.8. The van der Waals surface area contributed by atoms with Crippen LogP contribution < -0.4 is 5.32 Å². The number of aliphatic hydroxyl groups is 6. The Kier molecular flexibility index (Phi) is 26.2. The molecule has 0 saturated carbocycles. The summed E-state index contributed by atoms with van der Waals surface area (Å²) in [5.41, 5.74) is 0. The number of ether oxygens (including phenoxy) is 2. The van der Waals surface area contributed by atoms with E-state index in [1.807, 2.05) is 0 Å². The smallest absolute Gasteiger partial charge is 0.186 e. The van der Waals surface area contributed by atoms with E-state index >= 15 is 4.39 Å². The zero-order chi connectivity index (χ0) is 36.4. The molecule has 2 heterocycles. The highest BCUT2D eigenvalue weighted by atomic mass is 19.1. The molecule has 2 rings (SSSR count). The van der Waals surface area contributed by atoms with Gasteiger partial charge in [0.25, 0.3) is 0 Å². The van der Waals surface area contributed by atoms with Gasteiger partial charge in [-0.15, -0.1) is 0 Å². The predicted molar refractivity (Wildman–Crippen MR) is 197 cm³/mol. The van der Waals surface area contributed by atoms with Crippen molar-refractivity contribution in [3.05, 3.63) is 11.9 Å². The van der Waals surface area contributed by atoms with Gasteiger partial charge in [0.1, 0.15) is 24.4 Å². The van der Waals surface area contributed by atoms with Gasteiger partial charge in [-0.2, -0.15) is 0 Å². The van der Waals surface area contributed by atoms with Gasteiger partial charge in [-0.3, -0.25) is 0 Å². The van der Waals surface area contributed by atoms with Gasteiger partial charge in [0.2, 0.25) is 0 Å². The Morgan fingerprint density at radius 3 is 1.90 bits per heavy atom. The van der Waals surface area contributed by atoms with Crippen molar-refractivity contribution in [2.24, 2.45) is 11.8 Å². The standard InChI is InChI=1S/C40H76FNO8/c1-2-3-4-5-6-7-8-9-10-15-18-21-24-34(44)36(45)32(30-49-40-39(48)38(47)37(46)35(29-43)50-40)27-33(41)23-20-17-14-12-11-13-16-19-22-31-25-26-42-28-31/h27,31-32,34-40,42-48H,2-26,28-30H2,1H3/b33-27+/t31?,32-,34+,35?,36-,37?,38?,39?,40?/m0/s1. The fraction of sp³-hybridized carbons (Fsp3) is 0.950. The summed E-state index contributed by atoms with van der Waals surface area (Å²) >= 11 is 0. The number of hydrogen-bond acceptors (Lipinski definition) is 9. The van der Waals surface area contributed by atoms with Crippen LogP contribution in [-0.4, -0.2) is 99.9 Å². The highest BCUT2D eigenvalue weighted by Gasteiger charge is 2.44. The summed E-state index contributed by atoms with van der Waals surface area (Å²) in [5.74, 6) is -0.444. The molecule has 0 aromatic heterocycles. The lowest BCUT2D eigenvalue weighted by molar-refractivity contribution is -0.303. The highest BCUT2D eigenvalue weighted by Crippen LogP contribution is 2.26. The van der Waals surface area contributed by atoms with Crippen LogP contribution in [0.3, 0.4) is 0 Å². The van der Waals surface area contributed by atoms with Crippen LogP contribution in [0.1, 0.15) is 161 Å². The van der Waals surface area contributed by atoms with E-state index in [4.69, 9.17) is 9.47 Å². The van der Waals surface area contributed by atoms with E-state index in [1.165, 1.54) is 109 Å². The summed E-state index contributed by atoms with van der Waals surface area (Å²) in [6.45, 7) is 3.69. The van der Waals surface area contributed by atoms with E-state index in [-0.39, 0.29) is 18.9 Å². The fourth-order valence-electron chi connectivity index (χ4n) is 7.37. The van der Waals surface area contributed by atoms with E-state index in [0.717, 1.165) is 50.9 Å². The van der Waals surface area contributed by atoms with Crippen LogP contribution in [0.15, 0.2) is 11.9 Å². The quantitative estimate of drug-likeness (QED) is 0.0394. The Bertz CT molecular complexity index is 829. The van der Waals surface area contributed by atoms with Gasteiger partial charge in [-0.05, 0) is 57.2 Å². The van der Waals surface area contributed by atoms with Crippen LogP contribution in [0.5, 0.6) is 0 Å². The van der Waals surface area contributed by atoms with Crippen molar-refractivity contribution in [2.75, 3.05) is 26.3 Å². The van der Waals surface area contributed by atoms with Crippen molar-refractivity contribution in [2.45, 2.75) is 204 Å². The van der Waals surface area contributed by atoms with Crippen LogP contribution in [0.25, 0.3) is 0 Å². The van der Waals surface area contributed by atoms with Crippen LogP contribution in [0.4, 0.5) is 4.39 Å². The zero-order valence-corrected chi connectivity index (χ0v) is 31.5. The lowest BCUT2D eigenvalue weighted by atomic mass is 9.93. The molecule has 9 nitrogen and oxygen atoms in total. The maximum atomic E-state index is 15.2. The molecule has 50 heavy (non-hydrogen) atoms. The zero-order valence-electron chi connectivity index (χ0n) is 31.5. The number of unbranched alkanes of at least 4 members (excludes halogenated alkanes) is 18. The molecule has 0 aromatic rings. The Labute approximate surface area is 303 Å². The van der Waals surface area contributed by atoms with Gasteiger partial charge >= 0.3 is 0 Å². The molecule has 296 valence electrons. The Balaban J connectivity index is 1.75. The van der Waals surface area contributed by atoms with Crippen LogP contribution >= 0.6 is 0 Å². The van der Waals surface area contributed by atoms with Gasteiger partial charge in [-0.25, -0.2) is 4.39 Å². The van der Waals surface area contributed by atoms with Crippen molar-refractivity contribution in [3.63, 3.8) is 0 Å². The van der Waals surface area contributed by atoms with Crippen LogP contribution in [-0.2, 0) is 9.47 Å². The molecular weight excluding hydrogens is 641 g/mol. The van der Waals surface area contributed by atoms with Gasteiger partial charge in [0.05, 0.1) is 31.2 Å². The van der Waals surface area contributed by atoms with Crippen molar-refractivity contribution in [3.8, 4) is 0 Å². The molecule has 9 atom stereocenters. The van der Waals surface area contributed by atoms with E-state index in [1.54, 1.807) is 0 Å². The molecule has 2 aliphatic heterocycles. The molecule has 0 radical (unpaired) electrons. The van der Waals surface area contributed by atoms with E-state index in [0.29, 0.717) is 12.8 Å². The number of halogens is 1. The molecule has 0 amide bonds. The lowest BCUT2D eigenvalue weighted by Gasteiger charge is -2.40. The molecule has 2 aliphatic rings. The van der Waals surface area contributed by atoms with Crippen LogP contribution in [0.2, 0.25) is 0 Å². The first-order valence-corrected chi connectivity index (χ1v) is 20.6. The second-order valence-corrected chi connectivity index (χ2v) is 15.3. The van der Waals surface area contributed by atoms with Gasteiger partial charge in [-0.1, -0.05) is 129 Å². The van der Waals surface area contributed by atoms with E-state index in [9.17, 15) is 30.6 Å². The van der Waals surface area contributed by atoms with Crippen molar-refractivity contribution >= 4 is 0 Å². The summed E-state index contributed by atoms with van der Waals surface area (Å²) < 4.78 is 26.3. The van der Waals surface area contributed by atoms with Gasteiger partial charge in [0, 0.05) is 5.92 Å². The minimum absolute atomic E-state index is 0.230. The summed E-state index contributed by atoms with van der Waals surface area (Å²) in [5, 5.41) is 65.5. The second-order valence-electron chi connectivity index (χ2n) is 15.3. The highest BCUT2D eigenvalue weighted by molar-refractivity contribution is 5.00. The maximum Gasteiger partial charge on any atom is 0.186 e. The Hall–Kier alpha value is -0.690. The number of nitrogens with one attached hydrogen (secondary N) is 1. The minimum atomic E-state index is -1.60. The molecule has 0 aliphatic carbocycles. The average molecular weight is 718 g/mol. The molecule has 2 fully saturated rings. The topological polar surface area (TPSA) is 152 Å². The molecule has 2 saturated heterocycles. The normalized spacial score (nSPS) is 26.4. The van der Waals surface area contributed by atoms with E-state index in [2.05, 4.69) is 12.2 Å². The average Bonchev–Trinajstić information content (AvgIpc) is 3.64. The molecule has 0 spiro atoms. The molecule has 10 heteroatoms. The Morgan fingerprint density at radius 2 is 1.34 bits per heavy atom. The van der Waals surface area contributed by atoms with Crippen molar-refractivity contribution in [1.29, 1.82) is 0 Å². The summed E-state index contributed by atoms with van der Waals surface area (Å²) in [6.07, 6.45) is 18.1. The van der Waals surface area contributed by atoms with Crippen LogP contribution in [0, 0.1) is 11.8 Å². The summed E-state index contributed by atoms with van der Waals surface area (Å²) in [6, 6.07) is 0. The number of rotatable bonds is 31. The third-order valence-electron chi connectivity index (χ3n) is 10.8. The monoisotopic (exact) mass is 718 g/mol. The number of allylic oxidation sites excluding steroid dienone is 1. The first kappa shape index (κ1) is 45.5. The van der Waals surface area contributed by atoms with Gasteiger partial charge in [0.15, 0.2) is 6.29 Å². The van der Waals surface area contributed by atoms with Gasteiger partial charge < -0.3 is 45.4 Å². The number of aliphatic hydroxyl groups excluding tert-OH is 6. The fourth-order valence-corrected chi connectivity index (χ4v) is 7.37. The first-order chi connectivity index (χ1) is 24.3. The lowest BCUT2D eigenvalue weighted by Crippen LogP contribution is -2.59. The second kappa shape index (κ2) is 28.8. The molecule has 7 N–H and O–H groups in total. The molecule has 6 unspecified atom stereocenters. The molecule has 0 bridgehead atoms. The van der Waals surface area contributed by atoms with Crippen molar-refractivity contribution in [1.82, 2.24) is 5.32 Å². The number of hydrogen-bond donors (Lipinski definition) is 7. The maximum absolute atomic E-state index is 15.2. The largest absolute Gasteiger partial charge is 0.394 e. The third kappa shape index (κ3) is 19.4. The van der Waals surface area contributed by atoms with E-state index < -0.39 is 55.4 Å². The molecular formula is C40H76FNO8. The predicted octanol–water partition coefficient (Wildman–Crippen LogP) is 6.60. The van der Waals surface area contributed by atoms with Crippen molar-refractivity contribution < 1.29 is 44.5 Å². The minimum Gasteiger partial charge on any atom is -0.394 e. The molecule has 0 aromatic carbocycles. The first-order valence-electron chi connectivity index (χ1n) is 20.6. The summed E-state index contributed by atoms with van der Waals surface area (Å²) in [7, 11) is 0.